The van der Waals surface area contributed by atoms with Crippen LogP contribution >= 0.6 is 15.9 Å². The van der Waals surface area contributed by atoms with Crippen molar-refractivity contribution in [2.75, 3.05) is 0 Å². The Bertz CT molecular complexity index is 344. The van der Waals surface area contributed by atoms with E-state index in [-0.39, 0.29) is 0 Å². The van der Waals surface area contributed by atoms with Crippen LogP contribution in [-0.4, -0.2) is 5.92 Å². The van der Waals surface area contributed by atoms with Crippen LogP contribution in [-0.2, 0) is 6.42 Å². The van der Waals surface area contributed by atoms with Crippen molar-refractivity contribution >= 4 is 15.9 Å². The molecule has 1 aromatic carbocycles. The lowest BCUT2D eigenvalue weighted by Gasteiger charge is -2.08. The number of hydrogen-bond donors (Lipinski definition) is 0. The minimum absolute atomic E-state index is 0.439. The van der Waals surface area contributed by atoms with Crippen LogP contribution in [0.4, 0.5) is 8.78 Å². The summed E-state index contributed by atoms with van der Waals surface area (Å²) in [5.41, 5.74) is 0.439. The molecule has 0 aliphatic rings. The fraction of sp³-hybridized carbons (Fsp3) is 0.222. The lowest BCUT2D eigenvalue weighted by Crippen LogP contribution is -2.16. The summed E-state index contributed by atoms with van der Waals surface area (Å²) < 4.78 is 25.9. The Morgan fingerprint density at radius 3 is 2.54 bits per heavy atom. The second-order valence-corrected chi connectivity index (χ2v) is 3.44. The van der Waals surface area contributed by atoms with Crippen LogP contribution in [0.5, 0.6) is 0 Å². The Hall–Kier alpha value is -0.950. The van der Waals surface area contributed by atoms with Crippen LogP contribution in [0.3, 0.4) is 0 Å². The van der Waals surface area contributed by atoms with Gasteiger partial charge in [0.15, 0.2) is 0 Å². The highest BCUT2D eigenvalue weighted by Gasteiger charge is 2.29. The van der Waals surface area contributed by atoms with Gasteiger partial charge in [0.1, 0.15) is 6.07 Å². The average molecular weight is 246 g/mol. The van der Waals surface area contributed by atoms with Crippen molar-refractivity contribution in [3.8, 4) is 6.07 Å². The van der Waals surface area contributed by atoms with E-state index < -0.39 is 12.3 Å². The summed E-state index contributed by atoms with van der Waals surface area (Å²) in [7, 11) is 0. The standard InChI is InChI=1S/C9H6BrF2N/c10-8-4-2-1-3-7(8)5-9(11,12)6-13/h1-4H,5H2. The molecule has 0 atom stereocenters. The highest BCUT2D eigenvalue weighted by atomic mass is 79.9. The second-order valence-electron chi connectivity index (χ2n) is 2.58. The number of alkyl halides is 2. The molecule has 0 fully saturated rings. The fourth-order valence-corrected chi connectivity index (χ4v) is 1.35. The van der Waals surface area contributed by atoms with E-state index in [9.17, 15) is 8.78 Å². The van der Waals surface area contributed by atoms with E-state index in [1.54, 1.807) is 24.3 Å². The molecule has 0 bridgehead atoms. The third-order valence-corrected chi connectivity index (χ3v) is 2.31. The molecule has 0 spiro atoms. The highest BCUT2D eigenvalue weighted by molar-refractivity contribution is 9.10. The van der Waals surface area contributed by atoms with Crippen molar-refractivity contribution in [3.63, 3.8) is 0 Å². The first kappa shape index (κ1) is 10.1. The Balaban J connectivity index is 2.88. The quantitative estimate of drug-likeness (QED) is 0.786. The van der Waals surface area contributed by atoms with Crippen molar-refractivity contribution in [3.05, 3.63) is 34.3 Å². The van der Waals surface area contributed by atoms with Crippen molar-refractivity contribution < 1.29 is 8.78 Å². The van der Waals surface area contributed by atoms with Crippen molar-refractivity contribution in [1.29, 1.82) is 5.26 Å². The zero-order valence-corrected chi connectivity index (χ0v) is 8.18. The van der Waals surface area contributed by atoms with E-state index in [4.69, 9.17) is 5.26 Å². The van der Waals surface area contributed by atoms with Gasteiger partial charge in [-0.2, -0.15) is 14.0 Å². The summed E-state index contributed by atoms with van der Waals surface area (Å²) in [5.74, 6) is -3.29. The molecule has 0 heterocycles. The number of nitriles is 1. The van der Waals surface area contributed by atoms with E-state index >= 15 is 0 Å². The number of halogens is 3. The number of rotatable bonds is 2. The smallest absolute Gasteiger partial charge is 0.192 e. The van der Waals surface area contributed by atoms with Gasteiger partial charge in [-0.25, -0.2) is 0 Å². The van der Waals surface area contributed by atoms with Gasteiger partial charge in [-0.1, -0.05) is 34.1 Å². The van der Waals surface area contributed by atoms with E-state index in [2.05, 4.69) is 15.9 Å². The summed E-state index contributed by atoms with van der Waals surface area (Å²) >= 11 is 3.14. The lowest BCUT2D eigenvalue weighted by atomic mass is 10.1. The molecule has 0 saturated carbocycles. The molecule has 13 heavy (non-hydrogen) atoms. The zero-order chi connectivity index (χ0) is 9.90. The normalized spacial score (nSPS) is 10.9. The van der Waals surface area contributed by atoms with Crippen LogP contribution in [0, 0.1) is 11.3 Å². The molecule has 1 aromatic rings. The Labute approximate surface area is 83.1 Å². The molecule has 0 amide bonds. The zero-order valence-electron chi connectivity index (χ0n) is 6.60. The van der Waals surface area contributed by atoms with Gasteiger partial charge < -0.3 is 0 Å². The Morgan fingerprint density at radius 2 is 2.00 bits per heavy atom. The monoisotopic (exact) mass is 245 g/mol. The summed E-state index contributed by atoms with van der Waals surface area (Å²) in [6.45, 7) is 0. The molecular formula is C9H6BrF2N. The molecule has 0 aromatic heterocycles. The van der Waals surface area contributed by atoms with Crippen molar-refractivity contribution in [2.45, 2.75) is 12.3 Å². The molecule has 0 aliphatic heterocycles. The van der Waals surface area contributed by atoms with Gasteiger partial charge in [0.2, 0.25) is 0 Å². The summed E-state index contributed by atoms with van der Waals surface area (Å²) in [6.07, 6.45) is -0.551. The van der Waals surface area contributed by atoms with E-state index in [1.165, 1.54) is 0 Å². The van der Waals surface area contributed by atoms with Crippen molar-refractivity contribution in [2.24, 2.45) is 0 Å². The number of benzene rings is 1. The largest absolute Gasteiger partial charge is 0.336 e. The van der Waals surface area contributed by atoms with Gasteiger partial charge >= 0.3 is 5.92 Å². The van der Waals surface area contributed by atoms with Gasteiger partial charge in [-0.15, -0.1) is 0 Å². The Morgan fingerprint density at radius 1 is 1.38 bits per heavy atom. The highest BCUT2D eigenvalue weighted by Crippen LogP contribution is 2.24. The van der Waals surface area contributed by atoms with Gasteiger partial charge in [-0.3, -0.25) is 0 Å². The Kier molecular flexibility index (Phi) is 2.99. The minimum Gasteiger partial charge on any atom is -0.192 e. The first-order valence-corrected chi connectivity index (χ1v) is 4.37. The van der Waals surface area contributed by atoms with Gasteiger partial charge in [0.25, 0.3) is 0 Å². The molecule has 0 saturated heterocycles. The summed E-state index contributed by atoms with van der Waals surface area (Å²) in [6, 6.07) is 7.59. The number of hydrogen-bond acceptors (Lipinski definition) is 1. The first-order chi connectivity index (χ1) is 6.05. The van der Waals surface area contributed by atoms with Gasteiger partial charge in [0.05, 0.1) is 6.42 Å². The predicted molar refractivity (Wildman–Crippen MR) is 48.4 cm³/mol. The molecule has 0 aliphatic carbocycles. The molecule has 0 N–H and O–H groups in total. The van der Waals surface area contributed by atoms with Gasteiger partial charge in [-0.05, 0) is 11.6 Å². The topological polar surface area (TPSA) is 23.8 Å². The van der Waals surface area contributed by atoms with Crippen LogP contribution in [0.1, 0.15) is 5.56 Å². The lowest BCUT2D eigenvalue weighted by molar-refractivity contribution is 0.0644. The number of nitrogens with zero attached hydrogens (tertiary/aromatic N) is 1. The molecule has 1 rings (SSSR count). The molecule has 0 unspecified atom stereocenters. The maximum Gasteiger partial charge on any atom is 0.336 e. The molecule has 1 nitrogen and oxygen atoms in total. The summed E-state index contributed by atoms with van der Waals surface area (Å²) in [4.78, 5) is 0. The maximum atomic E-state index is 12.6. The van der Waals surface area contributed by atoms with Crippen LogP contribution < -0.4 is 0 Å². The van der Waals surface area contributed by atoms with Crippen LogP contribution in [0.25, 0.3) is 0 Å². The fourth-order valence-electron chi connectivity index (χ4n) is 0.920. The van der Waals surface area contributed by atoms with Crippen molar-refractivity contribution in [1.82, 2.24) is 0 Å². The third kappa shape index (κ3) is 2.78. The van der Waals surface area contributed by atoms with E-state index in [0.29, 0.717) is 10.0 Å². The molecule has 68 valence electrons. The minimum atomic E-state index is -3.29. The SMILES string of the molecule is N#CC(F)(F)Cc1ccccc1Br. The van der Waals surface area contributed by atoms with Crippen LogP contribution in [0.15, 0.2) is 28.7 Å². The molecular weight excluding hydrogens is 240 g/mol. The second kappa shape index (κ2) is 3.84. The average Bonchev–Trinajstić information content (AvgIpc) is 2.09. The van der Waals surface area contributed by atoms with E-state index in [0.717, 1.165) is 6.07 Å². The summed E-state index contributed by atoms with van der Waals surface area (Å²) in [5, 5.41) is 8.13. The molecule has 0 radical (unpaired) electrons. The third-order valence-electron chi connectivity index (χ3n) is 1.53. The predicted octanol–water partition coefficient (Wildman–Crippen LogP) is 3.15. The van der Waals surface area contributed by atoms with E-state index in [1.807, 2.05) is 0 Å². The molecule has 4 heteroatoms. The maximum absolute atomic E-state index is 12.6. The van der Waals surface area contributed by atoms with Crippen LogP contribution in [0.2, 0.25) is 0 Å². The first-order valence-electron chi connectivity index (χ1n) is 3.58. The van der Waals surface area contributed by atoms with Gasteiger partial charge in [0, 0.05) is 4.47 Å².